The van der Waals surface area contributed by atoms with Crippen LogP contribution >= 0.6 is 11.8 Å². The van der Waals surface area contributed by atoms with Crippen molar-refractivity contribution in [1.82, 2.24) is 15.4 Å². The molecule has 1 aliphatic heterocycles. The lowest BCUT2D eigenvalue weighted by Gasteiger charge is -2.11. The van der Waals surface area contributed by atoms with E-state index >= 15 is 0 Å². The Bertz CT molecular complexity index is 644. The average Bonchev–Trinajstić information content (AvgIpc) is 2.87. The fraction of sp³-hybridized carbons (Fsp3) is 0.267. The Hall–Kier alpha value is -2.08. The molecule has 2 N–H and O–H groups in total. The molecule has 1 amide bonds. The Morgan fingerprint density at radius 2 is 1.95 bits per heavy atom. The molecule has 1 aliphatic rings. The van der Waals surface area contributed by atoms with E-state index in [4.69, 9.17) is 0 Å². The SMILES string of the molecule is Cc1cc(C)nc(NNC(=O)[C@H]2Cc3ccccc3S2)n1. The van der Waals surface area contributed by atoms with Gasteiger partial charge in [0.15, 0.2) is 0 Å². The number of carbonyl (C=O) groups excluding carboxylic acids is 1. The molecule has 0 spiro atoms. The van der Waals surface area contributed by atoms with Gasteiger partial charge in [-0.1, -0.05) is 18.2 Å². The van der Waals surface area contributed by atoms with E-state index in [9.17, 15) is 4.79 Å². The van der Waals surface area contributed by atoms with Crippen LogP contribution in [-0.2, 0) is 11.2 Å². The van der Waals surface area contributed by atoms with E-state index < -0.39 is 0 Å². The molecule has 0 unspecified atom stereocenters. The number of fused-ring (bicyclic) bond motifs is 1. The van der Waals surface area contributed by atoms with Gasteiger partial charge in [-0.25, -0.2) is 9.97 Å². The number of anilines is 1. The molecule has 21 heavy (non-hydrogen) atoms. The van der Waals surface area contributed by atoms with Crippen molar-refractivity contribution in [2.24, 2.45) is 0 Å². The van der Waals surface area contributed by atoms with Crippen LogP contribution in [0.3, 0.4) is 0 Å². The first-order valence-corrected chi connectivity index (χ1v) is 7.62. The second kappa shape index (κ2) is 5.73. The highest BCUT2D eigenvalue weighted by Gasteiger charge is 2.27. The van der Waals surface area contributed by atoms with Crippen LogP contribution < -0.4 is 10.9 Å². The Morgan fingerprint density at radius 1 is 1.24 bits per heavy atom. The Labute approximate surface area is 127 Å². The lowest BCUT2D eigenvalue weighted by atomic mass is 10.1. The number of thioether (sulfide) groups is 1. The molecule has 0 saturated carbocycles. The molecule has 108 valence electrons. The summed E-state index contributed by atoms with van der Waals surface area (Å²) in [6.07, 6.45) is 0.752. The van der Waals surface area contributed by atoms with E-state index in [0.717, 1.165) is 17.8 Å². The van der Waals surface area contributed by atoms with Gasteiger partial charge < -0.3 is 0 Å². The molecule has 3 rings (SSSR count). The average molecular weight is 300 g/mol. The predicted molar refractivity (Wildman–Crippen MR) is 83.1 cm³/mol. The van der Waals surface area contributed by atoms with Gasteiger partial charge in [-0.2, -0.15) is 0 Å². The van der Waals surface area contributed by atoms with Crippen LogP contribution in [-0.4, -0.2) is 21.1 Å². The van der Waals surface area contributed by atoms with E-state index in [-0.39, 0.29) is 11.2 Å². The molecule has 1 atom stereocenters. The Morgan fingerprint density at radius 3 is 2.67 bits per heavy atom. The fourth-order valence-corrected chi connectivity index (χ4v) is 3.50. The van der Waals surface area contributed by atoms with Crippen LogP contribution in [0.15, 0.2) is 35.2 Å². The first-order chi connectivity index (χ1) is 10.1. The van der Waals surface area contributed by atoms with Crippen molar-refractivity contribution < 1.29 is 4.79 Å². The molecule has 0 saturated heterocycles. The van der Waals surface area contributed by atoms with Crippen LogP contribution in [0.1, 0.15) is 17.0 Å². The Balaban J connectivity index is 1.61. The summed E-state index contributed by atoms with van der Waals surface area (Å²) in [5.74, 6) is 0.361. The maximum absolute atomic E-state index is 12.2. The van der Waals surface area contributed by atoms with Crippen molar-refractivity contribution in [1.29, 1.82) is 0 Å². The van der Waals surface area contributed by atoms with Gasteiger partial charge in [0.1, 0.15) is 0 Å². The number of nitrogens with zero attached hydrogens (tertiary/aromatic N) is 2. The number of amides is 1. The largest absolute Gasteiger partial charge is 0.272 e. The maximum atomic E-state index is 12.2. The minimum atomic E-state index is -0.110. The number of benzene rings is 1. The second-order valence-electron chi connectivity index (χ2n) is 5.01. The first kappa shape index (κ1) is 13.9. The lowest BCUT2D eigenvalue weighted by Crippen LogP contribution is -2.37. The molecule has 6 heteroatoms. The lowest BCUT2D eigenvalue weighted by molar-refractivity contribution is -0.120. The quantitative estimate of drug-likeness (QED) is 0.851. The number of aryl methyl sites for hydroxylation is 2. The maximum Gasteiger partial charge on any atom is 0.252 e. The van der Waals surface area contributed by atoms with E-state index in [1.807, 2.05) is 38.1 Å². The fourth-order valence-electron chi connectivity index (χ4n) is 2.31. The number of carbonyl (C=O) groups is 1. The van der Waals surface area contributed by atoms with Crippen LogP contribution in [0.5, 0.6) is 0 Å². The van der Waals surface area contributed by atoms with Crippen LogP contribution in [0.25, 0.3) is 0 Å². The topological polar surface area (TPSA) is 66.9 Å². The smallest absolute Gasteiger partial charge is 0.252 e. The monoisotopic (exact) mass is 300 g/mol. The van der Waals surface area contributed by atoms with Gasteiger partial charge in [0.25, 0.3) is 5.91 Å². The molecule has 1 aromatic heterocycles. The molecule has 2 heterocycles. The summed E-state index contributed by atoms with van der Waals surface area (Å²) in [5, 5.41) is -0.110. The van der Waals surface area contributed by atoms with Gasteiger partial charge in [-0.15, -0.1) is 11.8 Å². The molecule has 5 nitrogen and oxygen atoms in total. The normalized spacial score (nSPS) is 16.4. The van der Waals surface area contributed by atoms with Gasteiger partial charge in [0.05, 0.1) is 5.25 Å². The number of hydrogen-bond acceptors (Lipinski definition) is 5. The van der Waals surface area contributed by atoms with E-state index in [1.165, 1.54) is 10.5 Å². The van der Waals surface area contributed by atoms with Gasteiger partial charge in [0.2, 0.25) is 5.95 Å². The summed E-state index contributed by atoms with van der Waals surface area (Å²) in [6, 6.07) is 10.00. The minimum absolute atomic E-state index is 0.0565. The highest BCUT2D eigenvalue weighted by atomic mass is 32.2. The molecular formula is C15H16N4OS. The van der Waals surface area contributed by atoms with Crippen LogP contribution in [0, 0.1) is 13.8 Å². The van der Waals surface area contributed by atoms with Crippen molar-refractivity contribution in [3.8, 4) is 0 Å². The minimum Gasteiger partial charge on any atom is -0.272 e. The number of hydrazine groups is 1. The molecule has 0 radical (unpaired) electrons. The Kier molecular flexibility index (Phi) is 3.79. The van der Waals surface area contributed by atoms with Gasteiger partial charge >= 0.3 is 0 Å². The number of nitrogens with one attached hydrogen (secondary N) is 2. The molecule has 0 aliphatic carbocycles. The third-order valence-corrected chi connectivity index (χ3v) is 4.54. The van der Waals surface area contributed by atoms with Gasteiger partial charge in [0, 0.05) is 16.3 Å². The molecule has 0 bridgehead atoms. The van der Waals surface area contributed by atoms with E-state index in [0.29, 0.717) is 5.95 Å². The van der Waals surface area contributed by atoms with E-state index in [2.05, 4.69) is 26.9 Å². The molecular weight excluding hydrogens is 284 g/mol. The summed E-state index contributed by atoms with van der Waals surface area (Å²) in [7, 11) is 0. The third kappa shape index (κ3) is 3.16. The van der Waals surface area contributed by atoms with Crippen LogP contribution in [0.4, 0.5) is 5.95 Å². The highest BCUT2D eigenvalue weighted by molar-refractivity contribution is 8.01. The third-order valence-electron chi connectivity index (χ3n) is 3.22. The van der Waals surface area contributed by atoms with Gasteiger partial charge in [-0.05, 0) is 38.0 Å². The van der Waals surface area contributed by atoms with Crippen LogP contribution in [0.2, 0.25) is 0 Å². The first-order valence-electron chi connectivity index (χ1n) is 6.74. The predicted octanol–water partition coefficient (Wildman–Crippen LogP) is 2.25. The summed E-state index contributed by atoms with van der Waals surface area (Å²) in [6.45, 7) is 3.79. The highest BCUT2D eigenvalue weighted by Crippen LogP contribution is 2.36. The molecule has 0 fully saturated rings. The summed E-state index contributed by atoms with van der Waals surface area (Å²) in [4.78, 5) is 21.8. The van der Waals surface area contributed by atoms with Crippen molar-refractivity contribution >= 4 is 23.6 Å². The second-order valence-corrected chi connectivity index (χ2v) is 6.25. The summed E-state index contributed by atoms with van der Waals surface area (Å²) < 4.78 is 0. The number of hydrogen-bond donors (Lipinski definition) is 2. The standard InChI is InChI=1S/C15H16N4OS/c1-9-7-10(2)17-15(16-9)19-18-14(20)13-8-11-5-3-4-6-12(11)21-13/h3-7,13H,8H2,1-2H3,(H,18,20)(H,16,17,19)/t13-/m1/s1. The van der Waals surface area contributed by atoms with Crippen molar-refractivity contribution in [2.75, 3.05) is 5.43 Å². The number of aromatic nitrogens is 2. The summed E-state index contributed by atoms with van der Waals surface area (Å²) >= 11 is 1.59. The van der Waals surface area contributed by atoms with Crippen molar-refractivity contribution in [2.45, 2.75) is 30.4 Å². The number of rotatable bonds is 3. The van der Waals surface area contributed by atoms with E-state index in [1.54, 1.807) is 11.8 Å². The van der Waals surface area contributed by atoms with Crippen molar-refractivity contribution in [3.05, 3.63) is 47.3 Å². The molecule has 2 aromatic rings. The summed E-state index contributed by atoms with van der Waals surface area (Å²) in [5.41, 5.74) is 8.44. The zero-order valence-corrected chi connectivity index (χ0v) is 12.7. The zero-order chi connectivity index (χ0) is 14.8. The zero-order valence-electron chi connectivity index (χ0n) is 11.9. The van der Waals surface area contributed by atoms with Gasteiger partial charge in [-0.3, -0.25) is 15.6 Å². The molecule has 1 aromatic carbocycles. The van der Waals surface area contributed by atoms with Crippen molar-refractivity contribution in [3.63, 3.8) is 0 Å².